The van der Waals surface area contributed by atoms with Gasteiger partial charge in [0.2, 0.25) is 11.8 Å². The van der Waals surface area contributed by atoms with E-state index in [0.717, 1.165) is 32.1 Å². The number of aliphatic hydroxyl groups excluding tert-OH is 10. The maximum Gasteiger partial charge on any atom is 0.232 e. The molecule has 0 heterocycles. The number of carbonyl (C=O) groups excluding carboxylic acids is 2. The number of carbonyl (C=O) groups is 2. The van der Waals surface area contributed by atoms with E-state index in [1.807, 2.05) is 0 Å². The molecule has 0 aromatic rings. The first-order valence-electron chi connectivity index (χ1n) is 14.6. The quantitative estimate of drug-likeness (QED) is 0.0371. The van der Waals surface area contributed by atoms with Crippen LogP contribution in [-0.2, 0) is 9.59 Å². The second kappa shape index (κ2) is 23.1. The minimum absolute atomic E-state index is 0.114. The van der Waals surface area contributed by atoms with Crippen molar-refractivity contribution in [1.82, 2.24) is 10.6 Å². The first-order valence-corrected chi connectivity index (χ1v) is 14.6. The van der Waals surface area contributed by atoms with Gasteiger partial charge in [0, 0.05) is 13.1 Å². The molecule has 0 aliphatic carbocycles. The fraction of sp³-hybridized carbons (Fsp3) is 0.926. The van der Waals surface area contributed by atoms with Gasteiger partial charge >= 0.3 is 0 Å². The molecule has 0 spiro atoms. The van der Waals surface area contributed by atoms with Gasteiger partial charge in [-0.15, -0.1) is 0 Å². The van der Waals surface area contributed by atoms with Gasteiger partial charge in [-0.25, -0.2) is 0 Å². The van der Waals surface area contributed by atoms with Crippen LogP contribution in [0.5, 0.6) is 0 Å². The molecule has 2 amide bonds. The summed E-state index contributed by atoms with van der Waals surface area (Å²) in [6, 6.07) is 0. The molecule has 8 atom stereocenters. The highest BCUT2D eigenvalue weighted by Crippen LogP contribution is 2.15. The number of nitrogens with one attached hydrogen (secondary N) is 2. The fourth-order valence-electron chi connectivity index (χ4n) is 4.24. The van der Waals surface area contributed by atoms with E-state index < -0.39 is 92.9 Å². The smallest absolute Gasteiger partial charge is 0.232 e. The normalized spacial score (nSPS) is 18.4. The van der Waals surface area contributed by atoms with Crippen LogP contribution in [0.2, 0.25) is 0 Å². The summed E-state index contributed by atoms with van der Waals surface area (Å²) in [5.74, 6) is -2.90. The molecule has 0 saturated carbocycles. The van der Waals surface area contributed by atoms with E-state index in [0.29, 0.717) is 6.42 Å². The molecule has 0 aromatic carbocycles. The number of amides is 2. The van der Waals surface area contributed by atoms with Crippen molar-refractivity contribution in [3.8, 4) is 0 Å². The van der Waals surface area contributed by atoms with Crippen molar-refractivity contribution in [2.24, 2.45) is 5.92 Å². The highest BCUT2D eigenvalue weighted by Gasteiger charge is 2.33. The summed E-state index contributed by atoms with van der Waals surface area (Å²) in [4.78, 5) is 25.7. The Morgan fingerprint density at radius 2 is 0.829 bits per heavy atom. The molecule has 0 fully saturated rings. The SMILES string of the molecule is CCCCCCCCCCCCC(C(=O)NCC(O)C(O)C(O)C(O)CO)C(=O)NCC(O)C(O)C(O)C(O)CO. The largest absolute Gasteiger partial charge is 0.394 e. The van der Waals surface area contributed by atoms with Gasteiger partial charge in [-0.2, -0.15) is 0 Å². The Hall–Kier alpha value is -1.46. The number of unbranched alkanes of at least 4 members (excludes halogenated alkanes) is 9. The standard InChI is InChI=1S/C27H54N2O12/c1-2-3-4-5-6-7-8-9-10-11-12-17(26(40)28-13-18(32)22(36)24(38)20(34)15-30)27(41)29-14-19(33)23(37)25(39)21(35)16-31/h17-25,30-39H,2-16H2,1H3,(H,28,40)(H,29,41). The minimum atomic E-state index is -1.90. The zero-order valence-electron chi connectivity index (χ0n) is 24.1. The van der Waals surface area contributed by atoms with Gasteiger partial charge in [0.15, 0.2) is 0 Å². The van der Waals surface area contributed by atoms with Crippen molar-refractivity contribution in [1.29, 1.82) is 0 Å². The molecule has 244 valence electrons. The average molecular weight is 599 g/mol. The van der Waals surface area contributed by atoms with Crippen LogP contribution in [0, 0.1) is 5.92 Å². The zero-order chi connectivity index (χ0) is 31.4. The van der Waals surface area contributed by atoms with E-state index in [4.69, 9.17) is 10.2 Å². The first-order chi connectivity index (χ1) is 19.4. The second-order valence-corrected chi connectivity index (χ2v) is 10.6. The van der Waals surface area contributed by atoms with Crippen LogP contribution >= 0.6 is 0 Å². The summed E-state index contributed by atoms with van der Waals surface area (Å²) in [6.45, 7) is -0.730. The third kappa shape index (κ3) is 16.1. The monoisotopic (exact) mass is 598 g/mol. The van der Waals surface area contributed by atoms with E-state index >= 15 is 0 Å². The molecular formula is C27H54N2O12. The summed E-state index contributed by atoms with van der Waals surface area (Å²) >= 11 is 0. The Balaban J connectivity index is 5.02. The van der Waals surface area contributed by atoms with E-state index in [9.17, 15) is 50.4 Å². The van der Waals surface area contributed by atoms with E-state index in [-0.39, 0.29) is 6.42 Å². The molecule has 8 unspecified atom stereocenters. The maximum absolute atomic E-state index is 12.8. The molecule has 41 heavy (non-hydrogen) atoms. The highest BCUT2D eigenvalue weighted by molar-refractivity contribution is 6.00. The molecule has 0 bridgehead atoms. The lowest BCUT2D eigenvalue weighted by Crippen LogP contribution is -2.52. The number of rotatable bonds is 25. The Morgan fingerprint density at radius 1 is 0.512 bits per heavy atom. The first kappa shape index (κ1) is 39.5. The summed E-state index contributed by atoms with van der Waals surface area (Å²) in [5.41, 5.74) is 0. The van der Waals surface area contributed by atoms with E-state index in [1.165, 1.54) is 25.7 Å². The molecule has 14 nitrogen and oxygen atoms in total. The predicted octanol–water partition coefficient (Wildman–Crippen LogP) is -2.98. The third-order valence-electron chi connectivity index (χ3n) is 7.10. The Bertz CT molecular complexity index is 645. The van der Waals surface area contributed by atoms with Crippen LogP contribution in [0.15, 0.2) is 0 Å². The Kier molecular flexibility index (Phi) is 22.2. The van der Waals surface area contributed by atoms with Crippen molar-refractivity contribution in [2.45, 2.75) is 126 Å². The van der Waals surface area contributed by atoms with Crippen LogP contribution in [0.1, 0.15) is 77.6 Å². The summed E-state index contributed by atoms with van der Waals surface area (Å²) < 4.78 is 0. The summed E-state index contributed by atoms with van der Waals surface area (Å²) in [7, 11) is 0. The van der Waals surface area contributed by atoms with Gasteiger partial charge in [-0.1, -0.05) is 71.1 Å². The van der Waals surface area contributed by atoms with Gasteiger partial charge in [0.1, 0.15) is 42.5 Å². The topological polar surface area (TPSA) is 260 Å². The molecule has 0 aliphatic heterocycles. The molecule has 0 rings (SSSR count). The van der Waals surface area contributed by atoms with Crippen LogP contribution in [0.3, 0.4) is 0 Å². The van der Waals surface area contributed by atoms with Crippen LogP contribution in [0.4, 0.5) is 0 Å². The van der Waals surface area contributed by atoms with E-state index in [2.05, 4.69) is 17.6 Å². The lowest BCUT2D eigenvalue weighted by Gasteiger charge is -2.27. The molecule has 0 aromatic heterocycles. The fourth-order valence-corrected chi connectivity index (χ4v) is 4.24. The van der Waals surface area contributed by atoms with Gasteiger partial charge in [0.25, 0.3) is 0 Å². The van der Waals surface area contributed by atoms with Gasteiger partial charge < -0.3 is 61.7 Å². The minimum Gasteiger partial charge on any atom is -0.394 e. The van der Waals surface area contributed by atoms with Crippen LogP contribution < -0.4 is 10.6 Å². The molecular weight excluding hydrogens is 544 g/mol. The Morgan fingerprint density at radius 3 is 1.17 bits per heavy atom. The van der Waals surface area contributed by atoms with Crippen molar-refractivity contribution >= 4 is 11.8 Å². The third-order valence-corrected chi connectivity index (χ3v) is 7.10. The predicted molar refractivity (Wildman–Crippen MR) is 148 cm³/mol. The zero-order valence-corrected chi connectivity index (χ0v) is 24.1. The van der Waals surface area contributed by atoms with E-state index in [1.54, 1.807) is 0 Å². The molecule has 0 radical (unpaired) electrons. The van der Waals surface area contributed by atoms with Crippen molar-refractivity contribution in [2.75, 3.05) is 26.3 Å². The highest BCUT2D eigenvalue weighted by atomic mass is 16.4. The number of aliphatic hydroxyl groups is 10. The Labute approximate surface area is 242 Å². The maximum atomic E-state index is 12.8. The number of hydrogen-bond donors (Lipinski definition) is 12. The summed E-state index contributed by atoms with van der Waals surface area (Å²) in [6.07, 6.45) is -4.05. The molecule has 14 heteroatoms. The summed E-state index contributed by atoms with van der Waals surface area (Å²) in [5, 5.41) is 101. The van der Waals surface area contributed by atoms with Gasteiger partial charge in [-0.05, 0) is 6.42 Å². The van der Waals surface area contributed by atoms with Crippen molar-refractivity contribution in [3.05, 3.63) is 0 Å². The second-order valence-electron chi connectivity index (χ2n) is 10.6. The molecule has 12 N–H and O–H groups in total. The van der Waals surface area contributed by atoms with Gasteiger partial charge in [-0.3, -0.25) is 9.59 Å². The number of hydrogen-bond acceptors (Lipinski definition) is 12. The lowest BCUT2D eigenvalue weighted by atomic mass is 9.97. The van der Waals surface area contributed by atoms with Crippen LogP contribution in [0.25, 0.3) is 0 Å². The van der Waals surface area contributed by atoms with Gasteiger partial charge in [0.05, 0.1) is 25.4 Å². The lowest BCUT2D eigenvalue weighted by molar-refractivity contribution is -0.138. The molecule has 0 saturated heterocycles. The average Bonchev–Trinajstić information content (AvgIpc) is 2.98. The van der Waals surface area contributed by atoms with Crippen molar-refractivity contribution in [3.63, 3.8) is 0 Å². The molecule has 0 aliphatic rings. The van der Waals surface area contributed by atoms with Crippen molar-refractivity contribution < 1.29 is 60.7 Å². The van der Waals surface area contributed by atoms with Crippen LogP contribution in [-0.4, -0.2) is 138 Å².